The standard InChI is InChI=1S/C14H23N5O2/c1-5-7-18(8-6-2)10-19-9-15-12-11(19)13(20)17(4)14(21)16(12)3/h9H,5-8,10H2,1-4H3. The first-order valence-electron chi connectivity index (χ1n) is 7.34. The van der Waals surface area contributed by atoms with Crippen LogP contribution in [0, 0.1) is 0 Å². The molecule has 2 aromatic rings. The molecule has 2 rings (SSSR count). The predicted octanol–water partition coefficient (Wildman–Crippen LogP) is 0.513. The molecule has 0 unspecified atom stereocenters. The van der Waals surface area contributed by atoms with E-state index in [0.717, 1.165) is 30.5 Å². The molecule has 0 aliphatic carbocycles. The first-order valence-corrected chi connectivity index (χ1v) is 7.34. The number of fused-ring (bicyclic) bond motifs is 1. The van der Waals surface area contributed by atoms with Crippen LogP contribution < -0.4 is 11.2 Å². The van der Waals surface area contributed by atoms with E-state index in [1.54, 1.807) is 13.4 Å². The lowest BCUT2D eigenvalue weighted by Crippen LogP contribution is -2.38. The van der Waals surface area contributed by atoms with E-state index in [1.165, 1.54) is 11.6 Å². The molecule has 0 atom stereocenters. The minimum atomic E-state index is -0.350. The van der Waals surface area contributed by atoms with E-state index in [0.29, 0.717) is 17.8 Å². The fraction of sp³-hybridized carbons (Fsp3) is 0.643. The Bertz CT molecular complexity index is 734. The van der Waals surface area contributed by atoms with Crippen LogP contribution in [0.1, 0.15) is 26.7 Å². The van der Waals surface area contributed by atoms with Crippen molar-refractivity contribution < 1.29 is 0 Å². The summed E-state index contributed by atoms with van der Waals surface area (Å²) in [6, 6.07) is 0. The summed E-state index contributed by atoms with van der Waals surface area (Å²) in [6.07, 6.45) is 3.76. The van der Waals surface area contributed by atoms with Crippen LogP contribution >= 0.6 is 0 Å². The molecule has 0 aliphatic rings. The summed E-state index contributed by atoms with van der Waals surface area (Å²) < 4.78 is 4.38. The van der Waals surface area contributed by atoms with Crippen molar-refractivity contribution in [2.24, 2.45) is 14.1 Å². The van der Waals surface area contributed by atoms with E-state index in [9.17, 15) is 9.59 Å². The molecular weight excluding hydrogens is 270 g/mol. The Kier molecular flexibility index (Phi) is 4.62. The van der Waals surface area contributed by atoms with E-state index in [1.807, 2.05) is 4.57 Å². The smallest absolute Gasteiger partial charge is 0.311 e. The van der Waals surface area contributed by atoms with Gasteiger partial charge >= 0.3 is 5.69 Å². The van der Waals surface area contributed by atoms with Gasteiger partial charge in [0.05, 0.1) is 13.0 Å². The summed E-state index contributed by atoms with van der Waals surface area (Å²) in [5, 5.41) is 0. The number of imidazole rings is 1. The van der Waals surface area contributed by atoms with Crippen molar-refractivity contribution >= 4 is 11.2 Å². The van der Waals surface area contributed by atoms with Gasteiger partial charge in [-0.15, -0.1) is 0 Å². The highest BCUT2D eigenvalue weighted by molar-refractivity contribution is 5.69. The van der Waals surface area contributed by atoms with Gasteiger partial charge in [-0.3, -0.25) is 18.8 Å². The maximum atomic E-state index is 12.4. The lowest BCUT2D eigenvalue weighted by molar-refractivity contribution is 0.221. The third-order valence-corrected chi connectivity index (χ3v) is 3.65. The maximum absolute atomic E-state index is 12.4. The Morgan fingerprint density at radius 2 is 1.71 bits per heavy atom. The molecule has 0 bridgehead atoms. The third-order valence-electron chi connectivity index (χ3n) is 3.65. The number of nitrogens with zero attached hydrogens (tertiary/aromatic N) is 5. The monoisotopic (exact) mass is 293 g/mol. The van der Waals surface area contributed by atoms with E-state index in [-0.39, 0.29) is 11.2 Å². The fourth-order valence-corrected chi connectivity index (χ4v) is 2.61. The first-order chi connectivity index (χ1) is 10.0. The zero-order valence-electron chi connectivity index (χ0n) is 13.2. The van der Waals surface area contributed by atoms with Crippen molar-refractivity contribution in [2.45, 2.75) is 33.4 Å². The molecule has 0 aliphatic heterocycles. The highest BCUT2D eigenvalue weighted by Crippen LogP contribution is 2.07. The molecule has 7 nitrogen and oxygen atoms in total. The Morgan fingerprint density at radius 1 is 1.10 bits per heavy atom. The van der Waals surface area contributed by atoms with Crippen LogP contribution in [0.5, 0.6) is 0 Å². The van der Waals surface area contributed by atoms with Gasteiger partial charge in [0, 0.05) is 14.1 Å². The second-order valence-corrected chi connectivity index (χ2v) is 5.35. The van der Waals surface area contributed by atoms with Crippen LogP contribution in [0.4, 0.5) is 0 Å². The molecule has 0 amide bonds. The van der Waals surface area contributed by atoms with Crippen molar-refractivity contribution in [3.8, 4) is 0 Å². The van der Waals surface area contributed by atoms with Crippen molar-refractivity contribution in [3.63, 3.8) is 0 Å². The number of aryl methyl sites for hydroxylation is 1. The largest absolute Gasteiger partial charge is 0.332 e. The molecule has 0 fully saturated rings. The summed E-state index contributed by atoms with van der Waals surface area (Å²) in [5.74, 6) is 0. The van der Waals surface area contributed by atoms with Crippen molar-refractivity contribution in [2.75, 3.05) is 13.1 Å². The van der Waals surface area contributed by atoms with Crippen LogP contribution in [0.15, 0.2) is 15.9 Å². The molecule has 116 valence electrons. The summed E-state index contributed by atoms with van der Waals surface area (Å²) in [6.45, 7) is 6.83. The van der Waals surface area contributed by atoms with E-state index < -0.39 is 0 Å². The second-order valence-electron chi connectivity index (χ2n) is 5.35. The van der Waals surface area contributed by atoms with Gasteiger partial charge in [0.25, 0.3) is 5.56 Å². The zero-order chi connectivity index (χ0) is 15.6. The summed E-state index contributed by atoms with van der Waals surface area (Å²) >= 11 is 0. The SMILES string of the molecule is CCCN(CCC)Cn1cnc2c1c(=O)n(C)c(=O)n2C. The molecule has 0 aromatic carbocycles. The highest BCUT2D eigenvalue weighted by atomic mass is 16.2. The normalized spacial score (nSPS) is 11.7. The Balaban J connectivity index is 2.51. The number of aromatic nitrogens is 4. The summed E-state index contributed by atoms with van der Waals surface area (Å²) in [7, 11) is 3.13. The second kappa shape index (κ2) is 6.26. The lowest BCUT2D eigenvalue weighted by atomic mass is 10.4. The molecule has 0 saturated heterocycles. The minimum Gasteiger partial charge on any atom is -0.311 e. The molecular formula is C14H23N5O2. The van der Waals surface area contributed by atoms with Crippen LogP contribution in [0.3, 0.4) is 0 Å². The fourth-order valence-electron chi connectivity index (χ4n) is 2.61. The molecule has 7 heteroatoms. The van der Waals surface area contributed by atoms with Gasteiger partial charge < -0.3 is 4.57 Å². The van der Waals surface area contributed by atoms with Gasteiger partial charge in [0.1, 0.15) is 0 Å². The van der Waals surface area contributed by atoms with Gasteiger partial charge in [0.15, 0.2) is 11.2 Å². The van der Waals surface area contributed by atoms with Crippen molar-refractivity contribution in [1.82, 2.24) is 23.6 Å². The molecule has 21 heavy (non-hydrogen) atoms. The van der Waals surface area contributed by atoms with Gasteiger partial charge in [0.2, 0.25) is 0 Å². The number of hydrogen-bond donors (Lipinski definition) is 0. The molecule has 0 saturated carbocycles. The maximum Gasteiger partial charge on any atom is 0.332 e. The van der Waals surface area contributed by atoms with E-state index >= 15 is 0 Å². The van der Waals surface area contributed by atoms with Crippen LogP contribution in [-0.4, -0.2) is 36.7 Å². The summed E-state index contributed by atoms with van der Waals surface area (Å²) in [5.41, 5.74) is 0.281. The molecule has 0 radical (unpaired) electrons. The third kappa shape index (κ3) is 2.78. The predicted molar refractivity (Wildman–Crippen MR) is 82.4 cm³/mol. The zero-order valence-corrected chi connectivity index (χ0v) is 13.2. The van der Waals surface area contributed by atoms with Crippen LogP contribution in [0.2, 0.25) is 0 Å². The Morgan fingerprint density at radius 3 is 2.29 bits per heavy atom. The molecule has 0 N–H and O–H groups in total. The van der Waals surface area contributed by atoms with Crippen LogP contribution in [-0.2, 0) is 20.8 Å². The van der Waals surface area contributed by atoms with Crippen molar-refractivity contribution in [3.05, 3.63) is 27.2 Å². The summed E-state index contributed by atoms with van der Waals surface area (Å²) in [4.78, 5) is 30.8. The number of hydrogen-bond acceptors (Lipinski definition) is 4. The Hall–Kier alpha value is -1.89. The van der Waals surface area contributed by atoms with E-state index in [4.69, 9.17) is 0 Å². The van der Waals surface area contributed by atoms with E-state index in [2.05, 4.69) is 23.7 Å². The van der Waals surface area contributed by atoms with Gasteiger partial charge in [-0.05, 0) is 25.9 Å². The van der Waals surface area contributed by atoms with Gasteiger partial charge in [-0.25, -0.2) is 9.78 Å². The quantitative estimate of drug-likeness (QED) is 0.778. The number of rotatable bonds is 6. The average molecular weight is 293 g/mol. The van der Waals surface area contributed by atoms with Gasteiger partial charge in [-0.1, -0.05) is 13.8 Å². The minimum absolute atomic E-state index is 0.293. The Labute approximate surface area is 123 Å². The van der Waals surface area contributed by atoms with Crippen molar-refractivity contribution in [1.29, 1.82) is 0 Å². The molecule has 2 aromatic heterocycles. The molecule has 0 spiro atoms. The topological polar surface area (TPSA) is 65.1 Å². The van der Waals surface area contributed by atoms with Gasteiger partial charge in [-0.2, -0.15) is 0 Å². The highest BCUT2D eigenvalue weighted by Gasteiger charge is 2.15. The lowest BCUT2D eigenvalue weighted by Gasteiger charge is -2.21. The van der Waals surface area contributed by atoms with Crippen LogP contribution in [0.25, 0.3) is 11.2 Å². The molecule has 2 heterocycles. The first kappa shape index (κ1) is 15.5. The average Bonchev–Trinajstić information content (AvgIpc) is 2.87.